The normalized spacial score (nSPS) is 20.4. The van der Waals surface area contributed by atoms with E-state index < -0.39 is 0 Å². The van der Waals surface area contributed by atoms with Crippen molar-refractivity contribution < 1.29 is 0 Å². The van der Waals surface area contributed by atoms with Gasteiger partial charge < -0.3 is 10.2 Å². The second-order valence-electron chi connectivity index (χ2n) is 5.12. The fourth-order valence-electron chi connectivity index (χ4n) is 2.49. The van der Waals surface area contributed by atoms with Gasteiger partial charge in [0.1, 0.15) is 0 Å². The number of halogens is 1. The summed E-state index contributed by atoms with van der Waals surface area (Å²) in [5.74, 6) is 0. The Bertz CT molecular complexity index is 350. The van der Waals surface area contributed by atoms with E-state index in [-0.39, 0.29) is 0 Å². The standard InChI is InChI=1S/C15H23ClN2/c1-2-9-17-15-8-11-18(12-15)10-7-13-3-5-14(16)6-4-13/h3-6,15,17H,2,7-12H2,1H3. The molecular formula is C15H23ClN2. The number of benzene rings is 1. The third kappa shape index (κ3) is 4.27. The van der Waals surface area contributed by atoms with E-state index in [4.69, 9.17) is 11.6 Å². The third-order valence-electron chi connectivity index (χ3n) is 3.59. The molecule has 1 saturated heterocycles. The minimum absolute atomic E-state index is 0.704. The van der Waals surface area contributed by atoms with E-state index in [1.54, 1.807) is 0 Å². The lowest BCUT2D eigenvalue weighted by molar-refractivity contribution is 0.332. The zero-order valence-electron chi connectivity index (χ0n) is 11.2. The Morgan fingerprint density at radius 3 is 2.83 bits per heavy atom. The molecule has 1 heterocycles. The first-order valence-electron chi connectivity index (χ1n) is 6.98. The van der Waals surface area contributed by atoms with Gasteiger partial charge in [0.05, 0.1) is 0 Å². The summed E-state index contributed by atoms with van der Waals surface area (Å²) in [6, 6.07) is 8.92. The van der Waals surface area contributed by atoms with Gasteiger partial charge in [0.2, 0.25) is 0 Å². The summed E-state index contributed by atoms with van der Waals surface area (Å²) in [6.45, 7) is 6.96. The largest absolute Gasteiger partial charge is 0.313 e. The van der Waals surface area contributed by atoms with Crippen LogP contribution in [0.2, 0.25) is 5.02 Å². The number of hydrogen-bond acceptors (Lipinski definition) is 2. The summed E-state index contributed by atoms with van der Waals surface area (Å²) in [6.07, 6.45) is 3.64. The highest BCUT2D eigenvalue weighted by Gasteiger charge is 2.20. The molecule has 1 aromatic carbocycles. The molecule has 100 valence electrons. The second kappa shape index (κ2) is 7.13. The number of nitrogens with zero attached hydrogens (tertiary/aromatic N) is 1. The van der Waals surface area contributed by atoms with Crippen molar-refractivity contribution in [2.75, 3.05) is 26.2 Å². The summed E-state index contributed by atoms with van der Waals surface area (Å²) in [7, 11) is 0. The van der Waals surface area contributed by atoms with E-state index in [0.29, 0.717) is 6.04 Å². The van der Waals surface area contributed by atoms with Gasteiger partial charge in [-0.2, -0.15) is 0 Å². The van der Waals surface area contributed by atoms with Gasteiger partial charge in [-0.1, -0.05) is 30.7 Å². The molecule has 1 aromatic rings. The minimum Gasteiger partial charge on any atom is -0.313 e. The first-order valence-corrected chi connectivity index (χ1v) is 7.36. The zero-order valence-corrected chi connectivity index (χ0v) is 11.9. The summed E-state index contributed by atoms with van der Waals surface area (Å²) in [5, 5.41) is 4.43. The monoisotopic (exact) mass is 266 g/mol. The van der Waals surface area contributed by atoms with Crippen LogP contribution >= 0.6 is 11.6 Å². The lowest BCUT2D eigenvalue weighted by atomic mass is 10.1. The topological polar surface area (TPSA) is 15.3 Å². The molecule has 1 aliphatic heterocycles. The molecule has 1 aliphatic rings. The van der Waals surface area contributed by atoms with Gasteiger partial charge in [-0.25, -0.2) is 0 Å². The summed E-state index contributed by atoms with van der Waals surface area (Å²) < 4.78 is 0. The van der Waals surface area contributed by atoms with Crippen LogP contribution in [0, 0.1) is 0 Å². The Kier molecular flexibility index (Phi) is 5.48. The first kappa shape index (κ1) is 13.9. The fraction of sp³-hybridized carbons (Fsp3) is 0.600. The summed E-state index contributed by atoms with van der Waals surface area (Å²) in [5.41, 5.74) is 1.38. The fourth-order valence-corrected chi connectivity index (χ4v) is 2.62. The van der Waals surface area contributed by atoms with Crippen molar-refractivity contribution in [2.45, 2.75) is 32.2 Å². The van der Waals surface area contributed by atoms with E-state index in [9.17, 15) is 0 Å². The van der Waals surface area contributed by atoms with Crippen molar-refractivity contribution in [3.63, 3.8) is 0 Å². The van der Waals surface area contributed by atoms with Crippen molar-refractivity contribution in [3.8, 4) is 0 Å². The Hall–Kier alpha value is -0.570. The van der Waals surface area contributed by atoms with Crippen molar-refractivity contribution in [1.29, 1.82) is 0 Å². The molecule has 0 amide bonds. The lowest BCUT2D eigenvalue weighted by Crippen LogP contribution is -2.33. The maximum Gasteiger partial charge on any atom is 0.0406 e. The molecule has 0 bridgehead atoms. The first-order chi connectivity index (χ1) is 8.78. The van der Waals surface area contributed by atoms with Crippen molar-refractivity contribution in [1.82, 2.24) is 10.2 Å². The SMILES string of the molecule is CCCNC1CCN(CCc2ccc(Cl)cc2)C1. The molecule has 0 aliphatic carbocycles. The van der Waals surface area contributed by atoms with Gasteiger partial charge in [-0.15, -0.1) is 0 Å². The van der Waals surface area contributed by atoms with Crippen LogP contribution in [-0.2, 0) is 6.42 Å². The molecule has 2 nitrogen and oxygen atoms in total. The van der Waals surface area contributed by atoms with Gasteiger partial charge in [-0.3, -0.25) is 0 Å². The highest BCUT2D eigenvalue weighted by Crippen LogP contribution is 2.13. The molecule has 2 rings (SSSR count). The maximum atomic E-state index is 5.89. The van der Waals surface area contributed by atoms with Crippen molar-refractivity contribution in [3.05, 3.63) is 34.9 Å². The van der Waals surface area contributed by atoms with Gasteiger partial charge in [0, 0.05) is 24.2 Å². The van der Waals surface area contributed by atoms with Gasteiger partial charge >= 0.3 is 0 Å². The average molecular weight is 267 g/mol. The smallest absolute Gasteiger partial charge is 0.0406 e. The predicted molar refractivity (Wildman–Crippen MR) is 78.3 cm³/mol. The van der Waals surface area contributed by atoms with Crippen molar-refractivity contribution >= 4 is 11.6 Å². The van der Waals surface area contributed by atoms with Crippen LogP contribution in [0.1, 0.15) is 25.3 Å². The van der Waals surface area contributed by atoms with Gasteiger partial charge in [0.25, 0.3) is 0 Å². The highest BCUT2D eigenvalue weighted by molar-refractivity contribution is 6.30. The number of rotatable bonds is 6. The Labute approximate surface area is 115 Å². The molecule has 0 saturated carbocycles. The quantitative estimate of drug-likeness (QED) is 0.852. The van der Waals surface area contributed by atoms with Crippen LogP contribution in [0.4, 0.5) is 0 Å². The van der Waals surface area contributed by atoms with E-state index in [2.05, 4.69) is 29.3 Å². The molecule has 0 spiro atoms. The zero-order chi connectivity index (χ0) is 12.8. The summed E-state index contributed by atoms with van der Waals surface area (Å²) >= 11 is 5.89. The number of nitrogens with one attached hydrogen (secondary N) is 1. The predicted octanol–water partition coefficient (Wildman–Crippen LogP) is 2.96. The van der Waals surface area contributed by atoms with E-state index in [1.807, 2.05) is 12.1 Å². The van der Waals surface area contributed by atoms with E-state index in [1.165, 1.54) is 31.5 Å². The molecule has 1 unspecified atom stereocenters. The second-order valence-corrected chi connectivity index (χ2v) is 5.55. The minimum atomic E-state index is 0.704. The van der Waals surface area contributed by atoms with Gasteiger partial charge in [0.15, 0.2) is 0 Å². The van der Waals surface area contributed by atoms with Crippen LogP contribution in [0.25, 0.3) is 0 Å². The number of hydrogen-bond donors (Lipinski definition) is 1. The lowest BCUT2D eigenvalue weighted by Gasteiger charge is -2.16. The molecule has 1 atom stereocenters. The molecule has 1 fully saturated rings. The average Bonchev–Trinajstić information content (AvgIpc) is 2.84. The third-order valence-corrected chi connectivity index (χ3v) is 3.84. The molecule has 0 aromatic heterocycles. The van der Waals surface area contributed by atoms with Crippen LogP contribution in [0.3, 0.4) is 0 Å². The molecular weight excluding hydrogens is 244 g/mol. The Morgan fingerprint density at radius 1 is 1.33 bits per heavy atom. The Morgan fingerprint density at radius 2 is 2.11 bits per heavy atom. The number of likely N-dealkylation sites (tertiary alicyclic amines) is 1. The van der Waals surface area contributed by atoms with E-state index in [0.717, 1.165) is 24.5 Å². The van der Waals surface area contributed by atoms with Gasteiger partial charge in [-0.05, 0) is 50.0 Å². The van der Waals surface area contributed by atoms with Crippen LogP contribution in [-0.4, -0.2) is 37.1 Å². The molecule has 0 radical (unpaired) electrons. The highest BCUT2D eigenvalue weighted by atomic mass is 35.5. The Balaban J connectivity index is 1.70. The van der Waals surface area contributed by atoms with Crippen LogP contribution < -0.4 is 5.32 Å². The molecule has 1 N–H and O–H groups in total. The van der Waals surface area contributed by atoms with Crippen molar-refractivity contribution in [2.24, 2.45) is 0 Å². The molecule has 18 heavy (non-hydrogen) atoms. The van der Waals surface area contributed by atoms with Crippen LogP contribution in [0.5, 0.6) is 0 Å². The maximum absolute atomic E-state index is 5.89. The molecule has 3 heteroatoms. The summed E-state index contributed by atoms with van der Waals surface area (Å²) in [4.78, 5) is 2.56. The van der Waals surface area contributed by atoms with Crippen LogP contribution in [0.15, 0.2) is 24.3 Å². The van der Waals surface area contributed by atoms with E-state index >= 15 is 0 Å².